The smallest absolute Gasteiger partial charge is 0.138 e. The number of ether oxygens (including phenoxy) is 1. The Bertz CT molecular complexity index is 384. The van der Waals surface area contributed by atoms with E-state index in [2.05, 4.69) is 11.2 Å². The number of nitrogens with one attached hydrogen (secondary N) is 1. The Morgan fingerprint density at radius 1 is 1.56 bits per heavy atom. The van der Waals surface area contributed by atoms with Gasteiger partial charge in [0.15, 0.2) is 0 Å². The van der Waals surface area contributed by atoms with Gasteiger partial charge in [-0.3, -0.25) is 0 Å². The van der Waals surface area contributed by atoms with Crippen LogP contribution in [0.4, 0.5) is 0 Å². The van der Waals surface area contributed by atoms with E-state index < -0.39 is 0 Å². The first-order valence-corrected chi connectivity index (χ1v) is 5.58. The molecular formula is C13H16ClNO. The van der Waals surface area contributed by atoms with Crippen molar-refractivity contribution in [1.82, 2.24) is 5.32 Å². The summed E-state index contributed by atoms with van der Waals surface area (Å²) >= 11 is 6.06. The number of terminal acetylenes is 1. The average Bonchev–Trinajstić information content (AvgIpc) is 2.23. The van der Waals surface area contributed by atoms with E-state index in [-0.39, 0.29) is 6.10 Å². The summed E-state index contributed by atoms with van der Waals surface area (Å²) in [6, 6.07) is 5.75. The third-order valence-corrected chi connectivity index (χ3v) is 2.37. The predicted octanol–water partition coefficient (Wildman–Crippen LogP) is 2.64. The summed E-state index contributed by atoms with van der Waals surface area (Å²) in [6.07, 6.45) is 5.17. The van der Waals surface area contributed by atoms with E-state index in [4.69, 9.17) is 22.8 Å². The van der Waals surface area contributed by atoms with E-state index in [0.29, 0.717) is 23.9 Å². The zero-order valence-corrected chi connectivity index (χ0v) is 10.3. The standard InChI is InChI=1S/C13H16ClNO/c1-4-7-15-9-11(3)16-13-6-5-10(2)8-12(13)14/h1,5-6,8,11,15H,7,9H2,2-3H3. The van der Waals surface area contributed by atoms with Crippen LogP contribution < -0.4 is 10.1 Å². The van der Waals surface area contributed by atoms with E-state index in [1.165, 1.54) is 0 Å². The van der Waals surface area contributed by atoms with Gasteiger partial charge in [0.1, 0.15) is 11.9 Å². The van der Waals surface area contributed by atoms with Crippen molar-refractivity contribution in [3.05, 3.63) is 28.8 Å². The van der Waals surface area contributed by atoms with Crippen LogP contribution in [-0.2, 0) is 0 Å². The lowest BCUT2D eigenvalue weighted by Crippen LogP contribution is -2.29. The highest BCUT2D eigenvalue weighted by atomic mass is 35.5. The maximum Gasteiger partial charge on any atom is 0.138 e. The van der Waals surface area contributed by atoms with Gasteiger partial charge in [-0.15, -0.1) is 6.42 Å². The summed E-state index contributed by atoms with van der Waals surface area (Å²) in [5.41, 5.74) is 1.12. The Balaban J connectivity index is 2.50. The van der Waals surface area contributed by atoms with Crippen molar-refractivity contribution in [2.24, 2.45) is 0 Å². The molecule has 0 aliphatic heterocycles. The molecule has 1 N–H and O–H groups in total. The SMILES string of the molecule is C#CCNCC(C)Oc1ccc(C)cc1Cl. The molecular weight excluding hydrogens is 222 g/mol. The largest absolute Gasteiger partial charge is 0.488 e. The van der Waals surface area contributed by atoms with Crippen molar-refractivity contribution in [2.75, 3.05) is 13.1 Å². The summed E-state index contributed by atoms with van der Waals surface area (Å²) in [4.78, 5) is 0. The van der Waals surface area contributed by atoms with Crippen molar-refractivity contribution in [2.45, 2.75) is 20.0 Å². The molecule has 3 heteroatoms. The van der Waals surface area contributed by atoms with Crippen LogP contribution in [0.15, 0.2) is 18.2 Å². The lowest BCUT2D eigenvalue weighted by molar-refractivity contribution is 0.219. The summed E-state index contributed by atoms with van der Waals surface area (Å²) < 4.78 is 5.68. The maximum absolute atomic E-state index is 6.06. The zero-order chi connectivity index (χ0) is 12.0. The van der Waals surface area contributed by atoms with Crippen molar-refractivity contribution < 1.29 is 4.74 Å². The van der Waals surface area contributed by atoms with Gasteiger partial charge in [0, 0.05) is 6.54 Å². The van der Waals surface area contributed by atoms with Crippen LogP contribution in [0.5, 0.6) is 5.75 Å². The van der Waals surface area contributed by atoms with E-state index in [9.17, 15) is 0 Å². The van der Waals surface area contributed by atoms with Gasteiger partial charge in [0.2, 0.25) is 0 Å². The Hall–Kier alpha value is -1.17. The van der Waals surface area contributed by atoms with Crippen molar-refractivity contribution in [1.29, 1.82) is 0 Å². The molecule has 1 aromatic carbocycles. The van der Waals surface area contributed by atoms with E-state index in [1.54, 1.807) is 0 Å². The second-order valence-corrected chi connectivity index (χ2v) is 4.10. The Kier molecular flexibility index (Phi) is 5.18. The Morgan fingerprint density at radius 3 is 2.94 bits per heavy atom. The minimum atomic E-state index is 0.0357. The highest BCUT2D eigenvalue weighted by Gasteiger charge is 2.06. The number of hydrogen-bond donors (Lipinski definition) is 1. The highest BCUT2D eigenvalue weighted by molar-refractivity contribution is 6.32. The van der Waals surface area contributed by atoms with Crippen LogP contribution in [0, 0.1) is 19.3 Å². The maximum atomic E-state index is 6.06. The van der Waals surface area contributed by atoms with Gasteiger partial charge in [-0.25, -0.2) is 0 Å². The predicted molar refractivity (Wildman–Crippen MR) is 68.0 cm³/mol. The molecule has 16 heavy (non-hydrogen) atoms. The van der Waals surface area contributed by atoms with Gasteiger partial charge in [0.25, 0.3) is 0 Å². The van der Waals surface area contributed by atoms with Crippen LogP contribution in [0.3, 0.4) is 0 Å². The monoisotopic (exact) mass is 237 g/mol. The Morgan fingerprint density at radius 2 is 2.31 bits per heavy atom. The molecule has 0 heterocycles. The van der Waals surface area contributed by atoms with Crippen LogP contribution in [0.25, 0.3) is 0 Å². The number of rotatable bonds is 5. The van der Waals surface area contributed by atoms with Crippen molar-refractivity contribution in [3.63, 3.8) is 0 Å². The van der Waals surface area contributed by atoms with Crippen molar-refractivity contribution in [3.8, 4) is 18.1 Å². The summed E-state index contributed by atoms with van der Waals surface area (Å²) in [5, 5.41) is 3.72. The van der Waals surface area contributed by atoms with Crippen LogP contribution >= 0.6 is 11.6 Å². The second kappa shape index (κ2) is 6.42. The molecule has 2 nitrogen and oxygen atoms in total. The second-order valence-electron chi connectivity index (χ2n) is 3.70. The van der Waals surface area contributed by atoms with Crippen LogP contribution in [0.2, 0.25) is 5.02 Å². The van der Waals surface area contributed by atoms with Gasteiger partial charge in [-0.05, 0) is 31.5 Å². The number of halogens is 1. The summed E-state index contributed by atoms with van der Waals surface area (Å²) in [6.45, 7) is 5.22. The molecule has 0 aliphatic rings. The molecule has 1 atom stereocenters. The van der Waals surface area contributed by atoms with E-state index >= 15 is 0 Å². The summed E-state index contributed by atoms with van der Waals surface area (Å²) in [5.74, 6) is 3.22. The quantitative estimate of drug-likeness (QED) is 0.628. The normalized spacial score (nSPS) is 11.9. The van der Waals surface area contributed by atoms with Crippen molar-refractivity contribution >= 4 is 11.6 Å². The molecule has 1 unspecified atom stereocenters. The van der Waals surface area contributed by atoms with Gasteiger partial charge in [-0.2, -0.15) is 0 Å². The molecule has 86 valence electrons. The summed E-state index contributed by atoms with van der Waals surface area (Å²) in [7, 11) is 0. The molecule has 0 fully saturated rings. The minimum absolute atomic E-state index is 0.0357. The van der Waals surface area contributed by atoms with E-state index in [0.717, 1.165) is 5.56 Å². The van der Waals surface area contributed by atoms with Crippen LogP contribution in [-0.4, -0.2) is 19.2 Å². The molecule has 0 radical (unpaired) electrons. The molecule has 0 aliphatic carbocycles. The molecule has 0 aromatic heterocycles. The first kappa shape index (κ1) is 12.9. The third kappa shape index (κ3) is 4.14. The molecule has 0 saturated heterocycles. The lowest BCUT2D eigenvalue weighted by Gasteiger charge is -2.15. The fourth-order valence-corrected chi connectivity index (χ4v) is 1.59. The van der Waals surface area contributed by atoms with Gasteiger partial charge in [-0.1, -0.05) is 23.6 Å². The number of hydrogen-bond acceptors (Lipinski definition) is 2. The molecule has 1 rings (SSSR count). The topological polar surface area (TPSA) is 21.3 Å². The highest BCUT2D eigenvalue weighted by Crippen LogP contribution is 2.25. The minimum Gasteiger partial charge on any atom is -0.488 e. The fourth-order valence-electron chi connectivity index (χ4n) is 1.31. The fraction of sp³-hybridized carbons (Fsp3) is 0.385. The Labute approximate surface area is 102 Å². The van der Waals surface area contributed by atoms with Crippen LogP contribution in [0.1, 0.15) is 12.5 Å². The molecule has 0 amide bonds. The third-order valence-electron chi connectivity index (χ3n) is 2.07. The van der Waals surface area contributed by atoms with E-state index in [1.807, 2.05) is 32.0 Å². The number of benzene rings is 1. The first-order chi connectivity index (χ1) is 7.63. The molecule has 1 aromatic rings. The molecule has 0 bridgehead atoms. The van der Waals surface area contributed by atoms with Gasteiger partial charge < -0.3 is 10.1 Å². The lowest BCUT2D eigenvalue weighted by atomic mass is 10.2. The van der Waals surface area contributed by atoms with Gasteiger partial charge >= 0.3 is 0 Å². The number of aryl methyl sites for hydroxylation is 1. The molecule has 0 saturated carbocycles. The molecule has 0 spiro atoms. The first-order valence-electron chi connectivity index (χ1n) is 5.20. The average molecular weight is 238 g/mol. The zero-order valence-electron chi connectivity index (χ0n) is 9.59. The van der Waals surface area contributed by atoms with Gasteiger partial charge in [0.05, 0.1) is 11.6 Å².